The smallest absolute Gasteiger partial charge is 0.306 e. The SMILES string of the molecule is CCc1oc(C(=O)N(C)CC(=O)N2CCC(C(=O)O)CC2)cc1C. The third kappa shape index (κ3) is 3.96. The first-order chi connectivity index (χ1) is 11.3. The number of amides is 2. The lowest BCUT2D eigenvalue weighted by Crippen LogP contribution is -2.45. The van der Waals surface area contributed by atoms with Crippen LogP contribution in [0.4, 0.5) is 0 Å². The number of carbonyl (C=O) groups excluding carboxylic acids is 2. The number of carbonyl (C=O) groups is 3. The van der Waals surface area contributed by atoms with Crippen LogP contribution in [0.2, 0.25) is 0 Å². The number of likely N-dealkylation sites (tertiary alicyclic amines) is 1. The van der Waals surface area contributed by atoms with Crippen molar-refractivity contribution in [2.75, 3.05) is 26.7 Å². The largest absolute Gasteiger partial charge is 0.481 e. The van der Waals surface area contributed by atoms with Crippen LogP contribution in [0.25, 0.3) is 0 Å². The topological polar surface area (TPSA) is 91.1 Å². The average molecular weight is 336 g/mol. The Labute approximate surface area is 141 Å². The molecule has 0 bridgehead atoms. The molecule has 1 aliphatic rings. The Kier molecular flexibility index (Phi) is 5.64. The number of nitrogens with zero attached hydrogens (tertiary/aromatic N) is 2. The van der Waals surface area contributed by atoms with E-state index in [1.165, 1.54) is 4.90 Å². The predicted octanol–water partition coefficient (Wildman–Crippen LogP) is 1.55. The summed E-state index contributed by atoms with van der Waals surface area (Å²) in [5, 5.41) is 8.99. The highest BCUT2D eigenvalue weighted by Gasteiger charge is 2.28. The first kappa shape index (κ1) is 18.0. The lowest BCUT2D eigenvalue weighted by Gasteiger charge is -2.31. The third-order valence-electron chi connectivity index (χ3n) is 4.47. The van der Waals surface area contributed by atoms with E-state index in [9.17, 15) is 14.4 Å². The van der Waals surface area contributed by atoms with E-state index in [1.54, 1.807) is 18.0 Å². The van der Waals surface area contributed by atoms with Crippen LogP contribution < -0.4 is 0 Å². The summed E-state index contributed by atoms with van der Waals surface area (Å²) in [7, 11) is 1.56. The van der Waals surface area contributed by atoms with Gasteiger partial charge in [-0.3, -0.25) is 14.4 Å². The molecule has 1 saturated heterocycles. The quantitative estimate of drug-likeness (QED) is 0.881. The van der Waals surface area contributed by atoms with E-state index in [-0.39, 0.29) is 30.0 Å². The molecule has 1 aliphatic heterocycles. The molecular weight excluding hydrogens is 312 g/mol. The fraction of sp³-hybridized carbons (Fsp3) is 0.588. The number of furan rings is 1. The number of carboxylic acid groups (broad SMARTS) is 1. The Balaban J connectivity index is 1.91. The van der Waals surface area contributed by atoms with Gasteiger partial charge >= 0.3 is 5.97 Å². The van der Waals surface area contributed by atoms with Crippen molar-refractivity contribution in [3.63, 3.8) is 0 Å². The summed E-state index contributed by atoms with van der Waals surface area (Å²) in [5.74, 6) is -0.681. The molecule has 0 spiro atoms. The summed E-state index contributed by atoms with van der Waals surface area (Å²) in [5.41, 5.74) is 0.927. The zero-order valence-corrected chi connectivity index (χ0v) is 14.4. The van der Waals surface area contributed by atoms with Crippen LogP contribution in [-0.4, -0.2) is 59.4 Å². The fourth-order valence-electron chi connectivity index (χ4n) is 2.91. The van der Waals surface area contributed by atoms with Gasteiger partial charge in [0.1, 0.15) is 5.76 Å². The molecule has 0 saturated carbocycles. The van der Waals surface area contributed by atoms with Gasteiger partial charge in [-0.15, -0.1) is 0 Å². The Morgan fingerprint density at radius 1 is 1.33 bits per heavy atom. The van der Waals surface area contributed by atoms with Gasteiger partial charge in [-0.1, -0.05) is 6.92 Å². The maximum absolute atomic E-state index is 12.4. The molecule has 1 N–H and O–H groups in total. The van der Waals surface area contributed by atoms with Crippen LogP contribution in [0.1, 0.15) is 41.6 Å². The Bertz CT molecular complexity index is 629. The fourth-order valence-corrected chi connectivity index (χ4v) is 2.91. The van der Waals surface area contributed by atoms with Crippen LogP contribution in [-0.2, 0) is 16.0 Å². The second kappa shape index (κ2) is 7.51. The molecule has 1 fully saturated rings. The first-order valence-electron chi connectivity index (χ1n) is 8.18. The number of aryl methyl sites for hydroxylation is 2. The van der Waals surface area contributed by atoms with Crippen LogP contribution in [0.5, 0.6) is 0 Å². The molecule has 0 aliphatic carbocycles. The molecule has 2 heterocycles. The van der Waals surface area contributed by atoms with Gasteiger partial charge in [0.15, 0.2) is 5.76 Å². The normalized spacial score (nSPS) is 15.4. The van der Waals surface area contributed by atoms with E-state index < -0.39 is 5.97 Å². The van der Waals surface area contributed by atoms with Crippen molar-refractivity contribution in [2.24, 2.45) is 5.92 Å². The van der Waals surface area contributed by atoms with Gasteiger partial charge in [0.25, 0.3) is 5.91 Å². The third-order valence-corrected chi connectivity index (χ3v) is 4.47. The molecule has 0 radical (unpaired) electrons. The van der Waals surface area contributed by atoms with Crippen molar-refractivity contribution in [1.29, 1.82) is 0 Å². The van der Waals surface area contributed by atoms with Crippen LogP contribution >= 0.6 is 0 Å². The van der Waals surface area contributed by atoms with Gasteiger partial charge < -0.3 is 19.3 Å². The van der Waals surface area contributed by atoms with Crippen molar-refractivity contribution in [2.45, 2.75) is 33.1 Å². The maximum atomic E-state index is 12.4. The van der Waals surface area contributed by atoms with E-state index in [0.717, 1.165) is 11.3 Å². The molecular formula is C17H24N2O5. The van der Waals surface area contributed by atoms with Gasteiger partial charge in [0.05, 0.1) is 12.5 Å². The van der Waals surface area contributed by atoms with Gasteiger partial charge in [-0.25, -0.2) is 0 Å². The monoisotopic (exact) mass is 336 g/mol. The van der Waals surface area contributed by atoms with Crippen molar-refractivity contribution >= 4 is 17.8 Å². The van der Waals surface area contributed by atoms with Crippen molar-refractivity contribution < 1.29 is 23.9 Å². The molecule has 0 atom stereocenters. The Hall–Kier alpha value is -2.31. The zero-order chi connectivity index (χ0) is 17.9. The number of hydrogen-bond donors (Lipinski definition) is 1. The summed E-state index contributed by atoms with van der Waals surface area (Å²) >= 11 is 0. The van der Waals surface area contributed by atoms with Gasteiger partial charge in [0, 0.05) is 26.6 Å². The molecule has 7 nitrogen and oxygen atoms in total. The van der Waals surface area contributed by atoms with E-state index >= 15 is 0 Å². The maximum Gasteiger partial charge on any atom is 0.306 e. The molecule has 2 rings (SSSR count). The van der Waals surface area contributed by atoms with Crippen LogP contribution in [0.15, 0.2) is 10.5 Å². The minimum absolute atomic E-state index is 0.0439. The molecule has 7 heteroatoms. The average Bonchev–Trinajstić information content (AvgIpc) is 2.94. The summed E-state index contributed by atoms with van der Waals surface area (Å²) < 4.78 is 5.53. The van der Waals surface area contributed by atoms with E-state index in [0.29, 0.717) is 32.4 Å². The number of likely N-dealkylation sites (N-methyl/N-ethyl adjacent to an activating group) is 1. The minimum Gasteiger partial charge on any atom is -0.481 e. The molecule has 0 unspecified atom stereocenters. The van der Waals surface area contributed by atoms with E-state index in [4.69, 9.17) is 9.52 Å². The van der Waals surface area contributed by atoms with Crippen molar-refractivity contribution in [3.05, 3.63) is 23.2 Å². The first-order valence-corrected chi connectivity index (χ1v) is 8.18. The van der Waals surface area contributed by atoms with Gasteiger partial charge in [0.2, 0.25) is 5.91 Å². The molecule has 24 heavy (non-hydrogen) atoms. The number of carboxylic acids is 1. The van der Waals surface area contributed by atoms with Crippen molar-refractivity contribution in [3.8, 4) is 0 Å². The van der Waals surface area contributed by atoms with Crippen LogP contribution in [0.3, 0.4) is 0 Å². The minimum atomic E-state index is -0.811. The van der Waals surface area contributed by atoms with Crippen LogP contribution in [0, 0.1) is 12.8 Å². The molecule has 132 valence electrons. The molecule has 1 aromatic heterocycles. The highest BCUT2D eigenvalue weighted by Crippen LogP contribution is 2.19. The van der Waals surface area contributed by atoms with E-state index in [2.05, 4.69) is 0 Å². The Morgan fingerprint density at radius 3 is 2.46 bits per heavy atom. The number of rotatable bonds is 5. The second-order valence-electron chi connectivity index (χ2n) is 6.22. The number of hydrogen-bond acceptors (Lipinski definition) is 4. The molecule has 0 aromatic carbocycles. The highest BCUT2D eigenvalue weighted by atomic mass is 16.4. The van der Waals surface area contributed by atoms with Gasteiger partial charge in [-0.05, 0) is 31.4 Å². The number of aliphatic carboxylic acids is 1. The number of piperidine rings is 1. The summed E-state index contributed by atoms with van der Waals surface area (Å²) in [6.45, 7) is 4.62. The standard InChI is InChI=1S/C17H24N2O5/c1-4-13-11(2)9-14(24-13)16(21)18(3)10-15(20)19-7-5-12(6-8-19)17(22)23/h9,12H,4-8,10H2,1-3H3,(H,22,23). The summed E-state index contributed by atoms with van der Waals surface area (Å²) in [4.78, 5) is 38.6. The zero-order valence-electron chi connectivity index (χ0n) is 14.4. The molecule has 2 amide bonds. The summed E-state index contributed by atoms with van der Waals surface area (Å²) in [6.07, 6.45) is 1.62. The van der Waals surface area contributed by atoms with Crippen molar-refractivity contribution in [1.82, 2.24) is 9.80 Å². The lowest BCUT2D eigenvalue weighted by atomic mass is 9.97. The lowest BCUT2D eigenvalue weighted by molar-refractivity contribution is -0.145. The Morgan fingerprint density at radius 2 is 1.96 bits per heavy atom. The van der Waals surface area contributed by atoms with Gasteiger partial charge in [-0.2, -0.15) is 0 Å². The predicted molar refractivity (Wildman–Crippen MR) is 86.7 cm³/mol. The summed E-state index contributed by atoms with van der Waals surface area (Å²) in [6, 6.07) is 1.69. The second-order valence-corrected chi connectivity index (χ2v) is 6.22. The molecule has 1 aromatic rings. The van der Waals surface area contributed by atoms with E-state index in [1.807, 2.05) is 13.8 Å². The highest BCUT2D eigenvalue weighted by molar-refractivity contribution is 5.94.